The van der Waals surface area contributed by atoms with Crippen LogP contribution in [0.15, 0.2) is 57.8 Å². The Hall–Kier alpha value is -3.73. The quantitative estimate of drug-likeness (QED) is 0.589. The zero-order valence-corrected chi connectivity index (χ0v) is 17.7. The van der Waals surface area contributed by atoms with Gasteiger partial charge in [0.25, 0.3) is 10.0 Å². The summed E-state index contributed by atoms with van der Waals surface area (Å²) in [7, 11) is -0.524. The zero-order valence-electron chi connectivity index (χ0n) is 16.9. The minimum absolute atomic E-state index is 0.0673. The molecule has 0 bridgehead atoms. The Morgan fingerprint density at radius 1 is 1.16 bits per heavy atom. The van der Waals surface area contributed by atoms with Crippen molar-refractivity contribution in [3.63, 3.8) is 0 Å². The first-order chi connectivity index (χ1) is 14.9. The van der Waals surface area contributed by atoms with Crippen molar-refractivity contribution in [1.82, 2.24) is 25.4 Å². The fourth-order valence-electron chi connectivity index (χ4n) is 3.14. The lowest BCUT2D eigenvalue weighted by atomic mass is 10.2. The third-order valence-electron chi connectivity index (χ3n) is 4.69. The summed E-state index contributed by atoms with van der Waals surface area (Å²) < 4.78 is 33.3. The molecule has 11 heteroatoms. The van der Waals surface area contributed by atoms with Gasteiger partial charge in [-0.1, -0.05) is 12.1 Å². The number of hydrogen-bond acceptors (Lipinski definition) is 7. The van der Waals surface area contributed by atoms with Crippen LogP contribution in [0, 0.1) is 0 Å². The number of aromatic amines is 1. The van der Waals surface area contributed by atoms with E-state index in [0.717, 1.165) is 11.3 Å². The number of carbonyl (C=O) groups excluding carboxylic acids is 1. The lowest BCUT2D eigenvalue weighted by Gasteiger charge is -2.18. The van der Waals surface area contributed by atoms with E-state index in [4.69, 9.17) is 4.74 Å². The number of hydrogen-bond donors (Lipinski definition) is 2. The van der Waals surface area contributed by atoms with Crippen molar-refractivity contribution in [3.05, 3.63) is 59.9 Å². The highest BCUT2D eigenvalue weighted by Gasteiger charge is 2.30. The molecule has 10 nitrogen and oxygen atoms in total. The van der Waals surface area contributed by atoms with E-state index in [0.29, 0.717) is 17.2 Å². The maximum atomic E-state index is 12.4. The molecule has 2 aromatic carbocycles. The topological polar surface area (TPSA) is 130 Å². The van der Waals surface area contributed by atoms with Gasteiger partial charge in [-0.2, -0.15) is 13.5 Å². The van der Waals surface area contributed by atoms with E-state index >= 15 is 0 Å². The summed E-state index contributed by atoms with van der Waals surface area (Å²) in [5, 5.41) is 9.70. The van der Waals surface area contributed by atoms with Crippen molar-refractivity contribution in [3.8, 4) is 17.1 Å². The number of sulfonamides is 1. The number of benzene rings is 2. The van der Waals surface area contributed by atoms with Crippen molar-refractivity contribution < 1.29 is 17.9 Å². The summed E-state index contributed by atoms with van der Waals surface area (Å²) in [6, 6.07) is 13.8. The number of H-pyrrole nitrogens is 1. The Balaban J connectivity index is 1.36. The van der Waals surface area contributed by atoms with Gasteiger partial charge in [-0.05, 0) is 36.4 Å². The Morgan fingerprint density at radius 3 is 2.65 bits per heavy atom. The molecule has 1 aliphatic heterocycles. The molecule has 0 unspecified atom stereocenters. The summed E-state index contributed by atoms with van der Waals surface area (Å²) in [5.74, 6) is 1.67. The van der Waals surface area contributed by atoms with Crippen LogP contribution in [0.5, 0.6) is 5.75 Å². The number of rotatable bonds is 6. The van der Waals surface area contributed by atoms with Crippen molar-refractivity contribution in [2.45, 2.75) is 11.4 Å². The van der Waals surface area contributed by atoms with Crippen LogP contribution in [0.4, 0.5) is 0 Å². The molecular weight excluding hydrogens is 420 g/mol. The van der Waals surface area contributed by atoms with Gasteiger partial charge in [-0.15, -0.1) is 4.40 Å². The van der Waals surface area contributed by atoms with Gasteiger partial charge in [0.2, 0.25) is 5.91 Å². The maximum Gasteiger partial charge on any atom is 0.285 e. The van der Waals surface area contributed by atoms with Gasteiger partial charge >= 0.3 is 0 Å². The summed E-state index contributed by atoms with van der Waals surface area (Å²) in [4.78, 5) is 18.4. The molecule has 0 saturated heterocycles. The molecule has 0 spiro atoms. The summed E-state index contributed by atoms with van der Waals surface area (Å²) in [6.45, 7) is 0.0827. The predicted molar refractivity (Wildman–Crippen MR) is 113 cm³/mol. The number of methoxy groups -OCH3 is 1. The van der Waals surface area contributed by atoms with E-state index in [9.17, 15) is 13.2 Å². The van der Waals surface area contributed by atoms with Gasteiger partial charge in [-0.3, -0.25) is 9.89 Å². The van der Waals surface area contributed by atoms with Gasteiger partial charge in [0.05, 0.1) is 20.2 Å². The Morgan fingerprint density at radius 2 is 1.90 bits per heavy atom. The monoisotopic (exact) mass is 440 g/mol. The minimum atomic E-state index is -3.74. The highest BCUT2D eigenvalue weighted by molar-refractivity contribution is 7.90. The molecule has 2 N–H and O–H groups in total. The second-order valence-corrected chi connectivity index (χ2v) is 8.43. The third kappa shape index (κ3) is 4.26. The van der Waals surface area contributed by atoms with Crippen LogP contribution in [0.2, 0.25) is 0 Å². The van der Waals surface area contributed by atoms with Crippen molar-refractivity contribution >= 4 is 21.8 Å². The van der Waals surface area contributed by atoms with Crippen LogP contribution in [0.3, 0.4) is 0 Å². The molecule has 4 rings (SSSR count). The average Bonchev–Trinajstić information content (AvgIpc) is 3.35. The standard InChI is InChI=1S/C20H20N6O4S/c1-26(20-15-5-3-4-6-16(15)31(28,29)25-20)12-18(27)21-11-17-22-19(24-23-17)13-7-9-14(30-2)10-8-13/h3-10H,11-12H2,1-2H3,(H,21,27)(H,22,23,24). The van der Waals surface area contributed by atoms with Crippen LogP contribution >= 0.6 is 0 Å². The second-order valence-electron chi connectivity index (χ2n) is 6.85. The molecule has 1 aromatic heterocycles. The fourth-order valence-corrected chi connectivity index (χ4v) is 4.39. The van der Waals surface area contributed by atoms with Crippen LogP contribution in [-0.2, 0) is 21.4 Å². The van der Waals surface area contributed by atoms with E-state index in [-0.39, 0.29) is 29.7 Å². The third-order valence-corrected chi connectivity index (χ3v) is 6.01. The van der Waals surface area contributed by atoms with Gasteiger partial charge in [-0.25, -0.2) is 4.98 Å². The summed E-state index contributed by atoms with van der Waals surface area (Å²) in [5.41, 5.74) is 1.30. The van der Waals surface area contributed by atoms with Crippen LogP contribution in [0.25, 0.3) is 11.4 Å². The zero-order chi connectivity index (χ0) is 22.0. The highest BCUT2D eigenvalue weighted by Crippen LogP contribution is 2.26. The van der Waals surface area contributed by atoms with Gasteiger partial charge in [0.15, 0.2) is 11.7 Å². The fraction of sp³-hybridized carbons (Fsp3) is 0.200. The molecule has 3 aromatic rings. The predicted octanol–water partition coefficient (Wildman–Crippen LogP) is 1.18. The molecule has 1 amide bonds. The molecular formula is C20H20N6O4S. The molecule has 0 saturated carbocycles. The molecule has 2 heterocycles. The number of amidine groups is 1. The smallest absolute Gasteiger partial charge is 0.285 e. The number of aromatic nitrogens is 3. The van der Waals surface area contributed by atoms with E-state index in [1.165, 1.54) is 11.0 Å². The average molecular weight is 440 g/mol. The van der Waals surface area contributed by atoms with Crippen LogP contribution in [0.1, 0.15) is 11.4 Å². The Labute approximate surface area is 179 Å². The number of ether oxygens (including phenoxy) is 1. The molecule has 160 valence electrons. The van der Waals surface area contributed by atoms with Gasteiger partial charge in [0, 0.05) is 18.2 Å². The Kier molecular flexibility index (Phi) is 5.42. The highest BCUT2D eigenvalue weighted by atomic mass is 32.2. The first-order valence-electron chi connectivity index (χ1n) is 9.35. The number of carbonyl (C=O) groups is 1. The second kappa shape index (κ2) is 8.19. The molecule has 1 aliphatic rings. The van der Waals surface area contributed by atoms with Crippen molar-refractivity contribution in [1.29, 1.82) is 0 Å². The first kappa shape index (κ1) is 20.5. The van der Waals surface area contributed by atoms with E-state index in [1.807, 2.05) is 24.3 Å². The number of likely N-dealkylation sites (N-methyl/N-ethyl adjacent to an activating group) is 1. The summed E-state index contributed by atoms with van der Waals surface area (Å²) in [6.07, 6.45) is 0. The van der Waals surface area contributed by atoms with E-state index in [1.54, 1.807) is 32.4 Å². The van der Waals surface area contributed by atoms with Crippen molar-refractivity contribution in [2.24, 2.45) is 4.40 Å². The maximum absolute atomic E-state index is 12.4. The first-order valence-corrected chi connectivity index (χ1v) is 10.8. The SMILES string of the molecule is COc1ccc(-c2n[nH]c(CNC(=O)CN(C)C3=NS(=O)(=O)c4ccccc43)n2)cc1. The number of fused-ring (bicyclic) bond motifs is 1. The number of nitrogens with one attached hydrogen (secondary N) is 2. The normalized spacial score (nSPS) is 13.9. The Bertz CT molecular complexity index is 1250. The number of amides is 1. The molecule has 0 radical (unpaired) electrons. The van der Waals surface area contributed by atoms with E-state index in [2.05, 4.69) is 24.9 Å². The molecule has 0 aliphatic carbocycles. The van der Waals surface area contributed by atoms with Crippen LogP contribution < -0.4 is 10.1 Å². The van der Waals surface area contributed by atoms with Gasteiger partial charge < -0.3 is 15.0 Å². The molecule has 31 heavy (non-hydrogen) atoms. The van der Waals surface area contributed by atoms with E-state index < -0.39 is 10.0 Å². The number of nitrogens with zero attached hydrogens (tertiary/aromatic N) is 4. The lowest BCUT2D eigenvalue weighted by molar-refractivity contribution is -0.121. The van der Waals surface area contributed by atoms with Crippen molar-refractivity contribution in [2.75, 3.05) is 20.7 Å². The largest absolute Gasteiger partial charge is 0.497 e. The lowest BCUT2D eigenvalue weighted by Crippen LogP contribution is -2.38. The minimum Gasteiger partial charge on any atom is -0.497 e. The van der Waals surface area contributed by atoms with Crippen LogP contribution in [-0.4, -0.2) is 60.9 Å². The summed E-state index contributed by atoms with van der Waals surface area (Å²) >= 11 is 0. The van der Waals surface area contributed by atoms with Gasteiger partial charge in [0.1, 0.15) is 16.5 Å². The molecule has 0 fully saturated rings. The molecule has 0 atom stereocenters.